The Kier molecular flexibility index (Phi) is 7.38. The maximum atomic E-state index is 12.7. The van der Waals surface area contributed by atoms with Gasteiger partial charge in [-0.3, -0.25) is 9.59 Å². The van der Waals surface area contributed by atoms with E-state index in [1.807, 2.05) is 55.1 Å². The number of piperazine rings is 1. The zero-order chi connectivity index (χ0) is 24.1. The van der Waals surface area contributed by atoms with Crippen LogP contribution in [0.5, 0.6) is 5.75 Å². The Morgan fingerprint density at radius 1 is 0.882 bits per heavy atom. The van der Waals surface area contributed by atoms with Gasteiger partial charge >= 0.3 is 0 Å². The molecule has 1 aliphatic heterocycles. The molecule has 3 aromatic carbocycles. The smallest absolute Gasteiger partial charge is 0.262 e. The minimum Gasteiger partial charge on any atom is -0.484 e. The number of carbonyl (C=O) groups excluding carboxylic acids is 2. The summed E-state index contributed by atoms with van der Waals surface area (Å²) in [7, 11) is 0. The Morgan fingerprint density at radius 3 is 2.12 bits per heavy atom. The van der Waals surface area contributed by atoms with Gasteiger partial charge in [-0.15, -0.1) is 0 Å². The molecule has 0 unspecified atom stereocenters. The van der Waals surface area contributed by atoms with Crippen LogP contribution in [0.15, 0.2) is 66.7 Å². The van der Waals surface area contributed by atoms with Gasteiger partial charge in [0.25, 0.3) is 11.8 Å². The van der Waals surface area contributed by atoms with Crippen molar-refractivity contribution < 1.29 is 14.3 Å². The van der Waals surface area contributed by atoms with Crippen molar-refractivity contribution in [3.8, 4) is 5.75 Å². The van der Waals surface area contributed by atoms with Crippen LogP contribution in [-0.2, 0) is 4.79 Å². The summed E-state index contributed by atoms with van der Waals surface area (Å²) >= 11 is 5.92. The first kappa shape index (κ1) is 23.6. The third-order valence-electron chi connectivity index (χ3n) is 5.74. The van der Waals surface area contributed by atoms with Crippen LogP contribution in [-0.4, -0.2) is 49.5 Å². The van der Waals surface area contributed by atoms with E-state index in [9.17, 15) is 9.59 Å². The number of benzene rings is 3. The largest absolute Gasteiger partial charge is 0.484 e. The van der Waals surface area contributed by atoms with Crippen LogP contribution < -0.4 is 15.0 Å². The molecular weight excluding hydrogens is 450 g/mol. The van der Waals surface area contributed by atoms with Crippen molar-refractivity contribution in [3.63, 3.8) is 0 Å². The number of hydrogen-bond acceptors (Lipinski definition) is 4. The van der Waals surface area contributed by atoms with Gasteiger partial charge in [-0.2, -0.15) is 0 Å². The number of amides is 2. The van der Waals surface area contributed by atoms with E-state index in [1.54, 1.807) is 24.3 Å². The normalized spacial score (nSPS) is 13.5. The maximum Gasteiger partial charge on any atom is 0.262 e. The van der Waals surface area contributed by atoms with Crippen molar-refractivity contribution in [2.45, 2.75) is 13.8 Å². The highest BCUT2D eigenvalue weighted by Crippen LogP contribution is 2.21. The summed E-state index contributed by atoms with van der Waals surface area (Å²) in [6.45, 7) is 6.74. The maximum absolute atomic E-state index is 12.7. The molecule has 1 saturated heterocycles. The topological polar surface area (TPSA) is 61.9 Å². The Morgan fingerprint density at radius 2 is 1.50 bits per heavy atom. The molecule has 1 N–H and O–H groups in total. The summed E-state index contributed by atoms with van der Waals surface area (Å²) in [6.07, 6.45) is 0. The molecule has 6 nitrogen and oxygen atoms in total. The van der Waals surface area contributed by atoms with Gasteiger partial charge in [-0.25, -0.2) is 0 Å². The van der Waals surface area contributed by atoms with E-state index in [0.717, 1.165) is 29.9 Å². The Labute approximate surface area is 205 Å². The van der Waals surface area contributed by atoms with Crippen LogP contribution in [0.25, 0.3) is 0 Å². The van der Waals surface area contributed by atoms with E-state index in [2.05, 4.69) is 16.3 Å². The zero-order valence-electron chi connectivity index (χ0n) is 19.4. The third-order valence-corrected chi connectivity index (χ3v) is 5.99. The summed E-state index contributed by atoms with van der Waals surface area (Å²) in [4.78, 5) is 29.1. The predicted octanol–water partition coefficient (Wildman–Crippen LogP) is 4.94. The second-order valence-electron chi connectivity index (χ2n) is 8.49. The first-order chi connectivity index (χ1) is 16.4. The number of halogens is 1. The van der Waals surface area contributed by atoms with Crippen molar-refractivity contribution in [3.05, 3.63) is 88.4 Å². The molecule has 0 spiro atoms. The SMILES string of the molecule is Cc1cc(C)cc(OCC(=O)Nc2ccc(N3CCN(C(=O)c4ccc(Cl)cc4)CC3)cc2)c1. The fourth-order valence-corrected chi connectivity index (χ4v) is 4.19. The van der Waals surface area contributed by atoms with Crippen molar-refractivity contribution in [2.24, 2.45) is 0 Å². The monoisotopic (exact) mass is 477 g/mol. The van der Waals surface area contributed by atoms with Crippen molar-refractivity contribution >= 4 is 34.8 Å². The van der Waals surface area contributed by atoms with Crippen molar-refractivity contribution in [1.82, 2.24) is 4.90 Å². The highest BCUT2D eigenvalue weighted by atomic mass is 35.5. The molecular formula is C27H28ClN3O3. The molecule has 3 aromatic rings. The van der Waals surface area contributed by atoms with E-state index in [4.69, 9.17) is 16.3 Å². The number of hydrogen-bond donors (Lipinski definition) is 1. The lowest BCUT2D eigenvalue weighted by atomic mass is 10.1. The standard InChI is InChI=1S/C27H28ClN3O3/c1-19-15-20(2)17-25(16-19)34-18-26(32)29-23-7-9-24(10-8-23)30-11-13-31(14-12-30)27(33)21-3-5-22(28)6-4-21/h3-10,15-17H,11-14,18H2,1-2H3,(H,29,32). The first-order valence-corrected chi connectivity index (χ1v) is 11.7. The highest BCUT2D eigenvalue weighted by Gasteiger charge is 2.22. The Hall–Kier alpha value is -3.51. The first-order valence-electron chi connectivity index (χ1n) is 11.3. The molecule has 34 heavy (non-hydrogen) atoms. The summed E-state index contributed by atoms with van der Waals surface area (Å²) in [6, 6.07) is 20.6. The molecule has 0 radical (unpaired) electrons. The Balaban J connectivity index is 1.26. The molecule has 0 saturated carbocycles. The molecule has 7 heteroatoms. The molecule has 176 valence electrons. The number of aryl methyl sites for hydroxylation is 2. The predicted molar refractivity (Wildman–Crippen MR) is 136 cm³/mol. The minimum atomic E-state index is -0.207. The van der Waals surface area contributed by atoms with E-state index in [0.29, 0.717) is 35.1 Å². The molecule has 2 amide bonds. The average molecular weight is 478 g/mol. The Bertz CT molecular complexity index is 1130. The van der Waals surface area contributed by atoms with E-state index in [1.165, 1.54) is 0 Å². The van der Waals surface area contributed by atoms with Crippen molar-refractivity contribution in [2.75, 3.05) is 43.0 Å². The van der Waals surface area contributed by atoms with E-state index < -0.39 is 0 Å². The quantitative estimate of drug-likeness (QED) is 0.546. The molecule has 4 rings (SSSR count). The van der Waals surface area contributed by atoms with Gasteiger partial charge in [0.15, 0.2) is 6.61 Å². The fraction of sp³-hybridized carbons (Fsp3) is 0.259. The van der Waals surface area contributed by atoms with Gasteiger partial charge < -0.3 is 19.9 Å². The molecule has 1 heterocycles. The number of nitrogens with zero attached hydrogens (tertiary/aromatic N) is 2. The van der Waals surface area contributed by atoms with Crippen LogP contribution in [0.3, 0.4) is 0 Å². The molecule has 0 aliphatic carbocycles. The van der Waals surface area contributed by atoms with Crippen molar-refractivity contribution in [1.29, 1.82) is 0 Å². The molecule has 0 bridgehead atoms. The lowest BCUT2D eigenvalue weighted by Crippen LogP contribution is -2.48. The van der Waals surface area contributed by atoms with Gasteiger partial charge in [0.2, 0.25) is 0 Å². The lowest BCUT2D eigenvalue weighted by Gasteiger charge is -2.36. The summed E-state index contributed by atoms with van der Waals surface area (Å²) in [5.74, 6) is 0.510. The van der Waals surface area contributed by atoms with Crippen LogP contribution in [0, 0.1) is 13.8 Å². The van der Waals surface area contributed by atoms with Crippen LogP contribution in [0.2, 0.25) is 5.02 Å². The number of nitrogens with one attached hydrogen (secondary N) is 1. The summed E-state index contributed by atoms with van der Waals surface area (Å²) < 4.78 is 5.63. The lowest BCUT2D eigenvalue weighted by molar-refractivity contribution is -0.118. The van der Waals surface area contributed by atoms with Gasteiger partial charge in [0.1, 0.15) is 5.75 Å². The van der Waals surface area contributed by atoms with E-state index >= 15 is 0 Å². The number of rotatable bonds is 6. The van der Waals surface area contributed by atoms with Gasteiger partial charge in [-0.1, -0.05) is 17.7 Å². The summed E-state index contributed by atoms with van der Waals surface area (Å²) in [5.41, 5.74) is 4.62. The molecule has 0 atom stereocenters. The fourth-order valence-electron chi connectivity index (χ4n) is 4.06. The highest BCUT2D eigenvalue weighted by molar-refractivity contribution is 6.30. The number of carbonyl (C=O) groups is 2. The number of ether oxygens (including phenoxy) is 1. The molecule has 1 fully saturated rings. The number of anilines is 2. The van der Waals surface area contributed by atoms with Gasteiger partial charge in [0, 0.05) is 48.1 Å². The third kappa shape index (κ3) is 6.08. The molecule has 1 aliphatic rings. The second-order valence-corrected chi connectivity index (χ2v) is 8.93. The van der Waals surface area contributed by atoms with Crippen LogP contribution in [0.4, 0.5) is 11.4 Å². The van der Waals surface area contributed by atoms with Gasteiger partial charge in [0.05, 0.1) is 0 Å². The molecule has 0 aromatic heterocycles. The van der Waals surface area contributed by atoms with Crippen LogP contribution in [0.1, 0.15) is 21.5 Å². The van der Waals surface area contributed by atoms with E-state index in [-0.39, 0.29) is 18.4 Å². The summed E-state index contributed by atoms with van der Waals surface area (Å²) in [5, 5.41) is 3.49. The minimum absolute atomic E-state index is 0.0254. The van der Waals surface area contributed by atoms with Gasteiger partial charge in [-0.05, 0) is 85.6 Å². The zero-order valence-corrected chi connectivity index (χ0v) is 20.1. The van der Waals surface area contributed by atoms with Crippen LogP contribution >= 0.6 is 11.6 Å². The average Bonchev–Trinajstić information content (AvgIpc) is 2.83. The second kappa shape index (κ2) is 10.6.